The van der Waals surface area contributed by atoms with Crippen LogP contribution in [0.25, 0.3) is 22.0 Å². The maximum Gasteiger partial charge on any atom is 0.289 e. The minimum atomic E-state index is -0.367. The van der Waals surface area contributed by atoms with Crippen LogP contribution in [0.1, 0.15) is 16.1 Å². The van der Waals surface area contributed by atoms with Gasteiger partial charge in [0.05, 0.1) is 23.5 Å². The Bertz CT molecular complexity index is 1220. The molecule has 0 radical (unpaired) electrons. The fraction of sp³-hybridized carbons (Fsp3) is 0.0455. The Morgan fingerprint density at radius 1 is 1.10 bits per heavy atom. The third-order valence-electron chi connectivity index (χ3n) is 4.42. The molecule has 1 aromatic heterocycles. The van der Waals surface area contributed by atoms with Crippen LogP contribution in [0.15, 0.2) is 76.3 Å². The summed E-state index contributed by atoms with van der Waals surface area (Å²) >= 11 is 3.42. The van der Waals surface area contributed by atoms with E-state index >= 15 is 0 Å². The molecule has 6 nitrogen and oxygen atoms in total. The highest BCUT2D eigenvalue weighted by atomic mass is 79.9. The predicted molar refractivity (Wildman–Crippen MR) is 117 cm³/mol. The molecule has 0 atom stereocenters. The van der Waals surface area contributed by atoms with Gasteiger partial charge in [0.25, 0.3) is 5.91 Å². The lowest BCUT2D eigenvalue weighted by atomic mass is 10.1. The Morgan fingerprint density at radius 2 is 1.93 bits per heavy atom. The first-order chi connectivity index (χ1) is 14.1. The molecule has 0 fully saturated rings. The van der Waals surface area contributed by atoms with Crippen molar-refractivity contribution in [2.24, 2.45) is 5.10 Å². The molecule has 7 heteroatoms. The van der Waals surface area contributed by atoms with Gasteiger partial charge in [-0.15, -0.1) is 0 Å². The molecule has 0 aliphatic rings. The molecule has 2 N–H and O–H groups in total. The Hall–Kier alpha value is -3.45. The fourth-order valence-corrected chi connectivity index (χ4v) is 3.48. The lowest BCUT2D eigenvalue weighted by Crippen LogP contribution is -2.18. The minimum Gasteiger partial charge on any atom is -0.496 e. The number of rotatable bonds is 5. The highest BCUT2D eigenvalue weighted by Crippen LogP contribution is 2.25. The van der Waals surface area contributed by atoms with E-state index in [1.54, 1.807) is 19.4 Å². The van der Waals surface area contributed by atoms with E-state index in [1.807, 2.05) is 54.6 Å². The van der Waals surface area contributed by atoms with Crippen molar-refractivity contribution in [3.8, 4) is 17.0 Å². The molecule has 1 heterocycles. The molecule has 0 bridgehead atoms. The molecular formula is C22H17BrN4O2. The van der Waals surface area contributed by atoms with Crippen molar-refractivity contribution in [2.45, 2.75) is 0 Å². The second kappa shape index (κ2) is 8.28. The summed E-state index contributed by atoms with van der Waals surface area (Å²) in [6.45, 7) is 0. The molecule has 4 aromatic rings. The van der Waals surface area contributed by atoms with Crippen molar-refractivity contribution >= 4 is 38.8 Å². The second-order valence-corrected chi connectivity index (χ2v) is 7.18. The van der Waals surface area contributed by atoms with Crippen molar-refractivity contribution in [1.82, 2.24) is 15.6 Å². The summed E-state index contributed by atoms with van der Waals surface area (Å²) in [5, 5.41) is 13.3. The van der Waals surface area contributed by atoms with Gasteiger partial charge in [-0.25, -0.2) is 5.43 Å². The summed E-state index contributed by atoms with van der Waals surface area (Å²) in [6.07, 6.45) is 1.56. The van der Waals surface area contributed by atoms with E-state index in [1.165, 1.54) is 0 Å². The van der Waals surface area contributed by atoms with E-state index in [0.29, 0.717) is 11.4 Å². The van der Waals surface area contributed by atoms with Crippen LogP contribution in [0.2, 0.25) is 0 Å². The number of aromatic amines is 1. The molecule has 144 valence electrons. The van der Waals surface area contributed by atoms with Gasteiger partial charge in [-0.1, -0.05) is 36.4 Å². The Kier molecular flexibility index (Phi) is 5.39. The number of amides is 1. The number of H-pyrrole nitrogens is 1. The number of nitrogens with one attached hydrogen (secondary N) is 2. The largest absolute Gasteiger partial charge is 0.496 e. The van der Waals surface area contributed by atoms with Gasteiger partial charge in [0, 0.05) is 5.56 Å². The topological polar surface area (TPSA) is 79.4 Å². The molecular weight excluding hydrogens is 432 g/mol. The quantitative estimate of drug-likeness (QED) is 0.341. The van der Waals surface area contributed by atoms with E-state index in [-0.39, 0.29) is 5.91 Å². The maximum atomic E-state index is 12.3. The predicted octanol–water partition coefficient (Wildman–Crippen LogP) is 4.76. The summed E-state index contributed by atoms with van der Waals surface area (Å²) in [4.78, 5) is 12.3. The number of benzene rings is 3. The third kappa shape index (κ3) is 4.20. The van der Waals surface area contributed by atoms with Gasteiger partial charge in [0.2, 0.25) is 0 Å². The Balaban J connectivity index is 1.46. The van der Waals surface area contributed by atoms with Crippen LogP contribution in [-0.4, -0.2) is 29.4 Å². The number of carbonyl (C=O) groups excluding carboxylic acids is 1. The van der Waals surface area contributed by atoms with Crippen LogP contribution < -0.4 is 10.2 Å². The molecule has 0 aliphatic heterocycles. The van der Waals surface area contributed by atoms with E-state index in [4.69, 9.17) is 4.74 Å². The molecule has 29 heavy (non-hydrogen) atoms. The summed E-state index contributed by atoms with van der Waals surface area (Å²) in [5.41, 5.74) is 5.29. The lowest BCUT2D eigenvalue weighted by Gasteiger charge is -2.03. The second-order valence-electron chi connectivity index (χ2n) is 6.32. The summed E-state index contributed by atoms with van der Waals surface area (Å²) in [6, 6.07) is 21.4. The summed E-state index contributed by atoms with van der Waals surface area (Å²) in [5.74, 6) is 0.359. The van der Waals surface area contributed by atoms with Crippen molar-refractivity contribution in [2.75, 3.05) is 7.11 Å². The van der Waals surface area contributed by atoms with Gasteiger partial charge in [0.15, 0.2) is 0 Å². The van der Waals surface area contributed by atoms with Crippen LogP contribution in [-0.2, 0) is 0 Å². The zero-order valence-electron chi connectivity index (χ0n) is 15.5. The van der Waals surface area contributed by atoms with Crippen LogP contribution in [0, 0.1) is 0 Å². The van der Waals surface area contributed by atoms with Gasteiger partial charge in [0.1, 0.15) is 11.4 Å². The highest BCUT2D eigenvalue weighted by molar-refractivity contribution is 9.10. The fourth-order valence-electron chi connectivity index (χ4n) is 2.92. The number of methoxy groups -OCH3 is 1. The number of halogens is 1. The molecule has 0 spiro atoms. The number of carbonyl (C=O) groups is 1. The van der Waals surface area contributed by atoms with Crippen LogP contribution >= 0.6 is 15.9 Å². The van der Waals surface area contributed by atoms with E-state index in [0.717, 1.165) is 32.1 Å². The Labute approximate surface area is 175 Å². The summed E-state index contributed by atoms with van der Waals surface area (Å²) < 4.78 is 6.00. The first-order valence-electron chi connectivity index (χ1n) is 8.85. The van der Waals surface area contributed by atoms with E-state index in [9.17, 15) is 4.79 Å². The van der Waals surface area contributed by atoms with Gasteiger partial charge in [-0.2, -0.15) is 10.2 Å². The smallest absolute Gasteiger partial charge is 0.289 e. The number of aromatic nitrogens is 2. The molecule has 1 amide bonds. The zero-order chi connectivity index (χ0) is 20.2. The lowest BCUT2D eigenvalue weighted by molar-refractivity contribution is 0.0950. The summed E-state index contributed by atoms with van der Waals surface area (Å²) in [7, 11) is 1.60. The van der Waals surface area contributed by atoms with Crippen LogP contribution in [0.5, 0.6) is 5.75 Å². The SMILES string of the molecule is COc1ccc(C=NNC(=O)c2cc(-c3ccc4ccccc4c3)n[nH]2)cc1Br. The third-order valence-corrected chi connectivity index (χ3v) is 5.04. The van der Waals surface area contributed by atoms with E-state index < -0.39 is 0 Å². The van der Waals surface area contributed by atoms with Crippen LogP contribution in [0.4, 0.5) is 0 Å². The Morgan fingerprint density at radius 3 is 2.72 bits per heavy atom. The first kappa shape index (κ1) is 18.9. The molecule has 4 rings (SSSR count). The molecule has 0 aliphatic carbocycles. The van der Waals surface area contributed by atoms with E-state index in [2.05, 4.69) is 42.7 Å². The number of hydrazone groups is 1. The number of hydrogen-bond acceptors (Lipinski definition) is 4. The van der Waals surface area contributed by atoms with Crippen molar-refractivity contribution in [3.63, 3.8) is 0 Å². The normalized spacial score (nSPS) is 11.1. The minimum absolute atomic E-state index is 0.334. The van der Waals surface area contributed by atoms with Gasteiger partial charge in [-0.3, -0.25) is 9.89 Å². The maximum absolute atomic E-state index is 12.3. The van der Waals surface area contributed by atoms with Crippen molar-refractivity contribution < 1.29 is 9.53 Å². The van der Waals surface area contributed by atoms with Crippen molar-refractivity contribution in [3.05, 3.63) is 82.5 Å². The average molecular weight is 449 g/mol. The molecule has 0 saturated heterocycles. The number of nitrogens with zero attached hydrogens (tertiary/aromatic N) is 2. The van der Waals surface area contributed by atoms with Gasteiger partial charge >= 0.3 is 0 Å². The zero-order valence-corrected chi connectivity index (χ0v) is 17.1. The average Bonchev–Trinajstić information content (AvgIpc) is 3.24. The number of fused-ring (bicyclic) bond motifs is 1. The number of hydrogen-bond donors (Lipinski definition) is 2. The standard InChI is InChI=1S/C22H17BrN4O2/c1-29-21-9-6-14(10-18(21)23)13-24-27-22(28)20-12-19(25-26-20)17-8-7-15-4-2-3-5-16(15)11-17/h2-13H,1H3,(H,25,26)(H,27,28). The molecule has 0 saturated carbocycles. The van der Waals surface area contributed by atoms with Crippen LogP contribution in [0.3, 0.4) is 0 Å². The highest BCUT2D eigenvalue weighted by Gasteiger charge is 2.11. The molecule has 3 aromatic carbocycles. The van der Waals surface area contributed by atoms with Crippen molar-refractivity contribution in [1.29, 1.82) is 0 Å². The van der Waals surface area contributed by atoms with Gasteiger partial charge < -0.3 is 4.74 Å². The first-order valence-corrected chi connectivity index (χ1v) is 9.65. The monoisotopic (exact) mass is 448 g/mol. The van der Waals surface area contributed by atoms with Gasteiger partial charge in [-0.05, 0) is 62.6 Å². The molecule has 0 unspecified atom stereocenters. The number of ether oxygens (including phenoxy) is 1.